The Morgan fingerprint density at radius 1 is 1.60 bits per heavy atom. The summed E-state index contributed by atoms with van der Waals surface area (Å²) in [4.78, 5) is 15.8. The largest absolute Gasteiger partial charge is 0.492 e. The molecule has 0 aliphatic heterocycles. The minimum Gasteiger partial charge on any atom is -0.492 e. The van der Waals surface area contributed by atoms with E-state index in [1.165, 1.54) is 18.4 Å². The quantitative estimate of drug-likeness (QED) is 0.731. The molecule has 0 spiro atoms. The van der Waals surface area contributed by atoms with E-state index in [-0.39, 0.29) is 5.69 Å². The van der Waals surface area contributed by atoms with Crippen LogP contribution in [0.25, 0.3) is 0 Å². The Morgan fingerprint density at radius 3 is 2.90 bits per heavy atom. The Kier molecular flexibility index (Phi) is 4.14. The van der Waals surface area contributed by atoms with Crippen LogP contribution in [0.5, 0.6) is 5.75 Å². The van der Waals surface area contributed by atoms with Crippen molar-refractivity contribution in [3.05, 3.63) is 23.1 Å². The number of nitrogens with zero attached hydrogens (tertiary/aromatic N) is 2. The molecule has 0 fully saturated rings. The van der Waals surface area contributed by atoms with Crippen LogP contribution in [0.1, 0.15) is 15.5 Å². The first-order valence-electron chi connectivity index (χ1n) is 6.00. The highest BCUT2D eigenvalue weighted by atomic mass is 32.1. The van der Waals surface area contributed by atoms with Crippen molar-refractivity contribution in [1.29, 1.82) is 0 Å². The van der Waals surface area contributed by atoms with E-state index < -0.39 is 5.91 Å². The Bertz CT molecular complexity index is 619. The van der Waals surface area contributed by atoms with Crippen molar-refractivity contribution >= 4 is 27.9 Å². The number of carbonyl (C=O) groups excluding carboxylic acids is 1. The van der Waals surface area contributed by atoms with Crippen molar-refractivity contribution in [1.82, 2.24) is 9.55 Å². The van der Waals surface area contributed by atoms with Gasteiger partial charge in [0.05, 0.1) is 7.11 Å². The molecule has 0 aromatic carbocycles. The summed E-state index contributed by atoms with van der Waals surface area (Å²) in [5.41, 5.74) is 11.4. The van der Waals surface area contributed by atoms with E-state index in [2.05, 4.69) is 10.3 Å². The minimum absolute atomic E-state index is 0.282. The molecule has 2 heterocycles. The van der Waals surface area contributed by atoms with E-state index in [4.69, 9.17) is 16.2 Å². The number of nitrogen functional groups attached to an aromatic ring is 1. The van der Waals surface area contributed by atoms with Crippen LogP contribution in [0.2, 0.25) is 0 Å². The number of rotatable bonds is 6. The number of hydrogen-bond acceptors (Lipinski definition) is 6. The lowest BCUT2D eigenvalue weighted by atomic mass is 10.3. The standard InChI is InChI=1S/C12H17N5O2S/c1-17-6-5-15-7(17)3-4-16-12-9(19-2)8(13)10(20-12)11(14)18/h5-6,16H,3-4,13H2,1-2H3,(H2,14,18). The van der Waals surface area contributed by atoms with Crippen LogP contribution in [0.15, 0.2) is 12.4 Å². The molecule has 7 nitrogen and oxygen atoms in total. The van der Waals surface area contributed by atoms with Crippen LogP contribution < -0.4 is 21.5 Å². The Labute approximate surface area is 120 Å². The van der Waals surface area contributed by atoms with Crippen molar-refractivity contribution in [3.63, 3.8) is 0 Å². The van der Waals surface area contributed by atoms with Gasteiger partial charge in [0, 0.05) is 32.4 Å². The third-order valence-electron chi connectivity index (χ3n) is 2.88. The zero-order valence-corrected chi connectivity index (χ0v) is 12.2. The average molecular weight is 295 g/mol. The van der Waals surface area contributed by atoms with E-state index in [0.717, 1.165) is 12.2 Å². The summed E-state index contributed by atoms with van der Waals surface area (Å²) in [6.07, 6.45) is 4.39. The molecule has 0 radical (unpaired) electrons. The van der Waals surface area contributed by atoms with Crippen molar-refractivity contribution in [3.8, 4) is 5.75 Å². The number of primary amides is 1. The van der Waals surface area contributed by atoms with Gasteiger partial charge in [-0.25, -0.2) is 4.98 Å². The average Bonchev–Trinajstić information content (AvgIpc) is 2.94. The molecular weight excluding hydrogens is 278 g/mol. The summed E-state index contributed by atoms with van der Waals surface area (Å²) in [6.45, 7) is 0.652. The molecule has 0 saturated heterocycles. The molecule has 0 aliphatic rings. The molecule has 8 heteroatoms. The first-order valence-corrected chi connectivity index (χ1v) is 6.82. The molecule has 0 unspecified atom stereocenters. The highest BCUT2D eigenvalue weighted by Gasteiger charge is 2.19. The second-order valence-electron chi connectivity index (χ2n) is 4.20. The number of thiophene rings is 1. The molecule has 0 aliphatic carbocycles. The molecule has 2 aromatic heterocycles. The molecule has 0 bridgehead atoms. The van der Waals surface area contributed by atoms with Crippen molar-refractivity contribution in [2.45, 2.75) is 6.42 Å². The van der Waals surface area contributed by atoms with Gasteiger partial charge in [-0.1, -0.05) is 0 Å². The summed E-state index contributed by atoms with van der Waals surface area (Å²) >= 11 is 1.20. The van der Waals surface area contributed by atoms with Crippen LogP contribution in [-0.2, 0) is 13.5 Å². The number of ether oxygens (including phenoxy) is 1. The monoisotopic (exact) mass is 295 g/mol. The zero-order valence-electron chi connectivity index (χ0n) is 11.3. The molecular formula is C12H17N5O2S. The number of nitrogens with two attached hydrogens (primary N) is 2. The van der Waals surface area contributed by atoms with Gasteiger partial charge in [-0.3, -0.25) is 4.79 Å². The number of nitrogens with one attached hydrogen (secondary N) is 1. The van der Waals surface area contributed by atoms with Gasteiger partial charge in [0.15, 0.2) is 5.75 Å². The van der Waals surface area contributed by atoms with E-state index in [9.17, 15) is 4.79 Å². The van der Waals surface area contributed by atoms with Gasteiger partial charge in [-0.2, -0.15) is 0 Å². The number of amides is 1. The molecule has 2 aromatic rings. The molecule has 1 amide bonds. The molecule has 5 N–H and O–H groups in total. The lowest BCUT2D eigenvalue weighted by molar-refractivity contribution is 0.100. The SMILES string of the molecule is COc1c(NCCc2nccn2C)sc(C(N)=O)c1N. The first kappa shape index (κ1) is 14.2. The fraction of sp³-hybridized carbons (Fsp3) is 0.333. The summed E-state index contributed by atoms with van der Waals surface area (Å²) in [7, 11) is 3.45. The van der Waals surface area contributed by atoms with Gasteiger partial charge < -0.3 is 26.1 Å². The maximum Gasteiger partial charge on any atom is 0.261 e. The number of carbonyl (C=O) groups is 1. The van der Waals surface area contributed by atoms with Crippen LogP contribution in [-0.4, -0.2) is 29.1 Å². The Morgan fingerprint density at radius 2 is 2.35 bits per heavy atom. The highest BCUT2D eigenvalue weighted by Crippen LogP contribution is 2.42. The van der Waals surface area contributed by atoms with Crippen LogP contribution >= 0.6 is 11.3 Å². The van der Waals surface area contributed by atoms with Gasteiger partial charge in [-0.05, 0) is 0 Å². The summed E-state index contributed by atoms with van der Waals surface area (Å²) in [6, 6.07) is 0. The van der Waals surface area contributed by atoms with E-state index in [1.807, 2.05) is 17.8 Å². The van der Waals surface area contributed by atoms with Crippen molar-refractivity contribution < 1.29 is 9.53 Å². The number of hydrogen-bond donors (Lipinski definition) is 3. The third kappa shape index (κ3) is 2.69. The fourth-order valence-corrected chi connectivity index (χ4v) is 2.82. The number of aromatic nitrogens is 2. The lowest BCUT2D eigenvalue weighted by Gasteiger charge is -2.07. The molecule has 2 rings (SSSR count). The van der Waals surface area contributed by atoms with E-state index in [1.54, 1.807) is 6.20 Å². The smallest absolute Gasteiger partial charge is 0.261 e. The predicted octanol–water partition coefficient (Wildman–Crippen LogP) is 0.826. The number of imidazole rings is 1. The number of methoxy groups -OCH3 is 1. The van der Waals surface area contributed by atoms with Gasteiger partial charge in [0.2, 0.25) is 0 Å². The number of aryl methyl sites for hydroxylation is 1. The van der Waals surface area contributed by atoms with Crippen LogP contribution in [0.3, 0.4) is 0 Å². The highest BCUT2D eigenvalue weighted by molar-refractivity contribution is 7.19. The molecule has 0 saturated carbocycles. The zero-order chi connectivity index (χ0) is 14.7. The summed E-state index contributed by atoms with van der Waals surface area (Å²) < 4.78 is 7.17. The summed E-state index contributed by atoms with van der Waals surface area (Å²) in [5.74, 6) is 0.878. The molecule has 0 atom stereocenters. The van der Waals surface area contributed by atoms with Crippen LogP contribution in [0, 0.1) is 0 Å². The molecule has 20 heavy (non-hydrogen) atoms. The van der Waals surface area contributed by atoms with Gasteiger partial charge in [-0.15, -0.1) is 11.3 Å². The van der Waals surface area contributed by atoms with Gasteiger partial charge in [0.1, 0.15) is 21.4 Å². The van der Waals surface area contributed by atoms with Crippen molar-refractivity contribution in [2.24, 2.45) is 12.8 Å². The molecule has 108 valence electrons. The topological polar surface area (TPSA) is 108 Å². The maximum atomic E-state index is 11.3. The van der Waals surface area contributed by atoms with Gasteiger partial charge >= 0.3 is 0 Å². The minimum atomic E-state index is -0.553. The van der Waals surface area contributed by atoms with Gasteiger partial charge in [0.25, 0.3) is 5.91 Å². The van der Waals surface area contributed by atoms with E-state index in [0.29, 0.717) is 22.2 Å². The first-order chi connectivity index (χ1) is 9.54. The Hall–Kier alpha value is -2.22. The number of anilines is 2. The fourth-order valence-electron chi connectivity index (χ4n) is 1.86. The summed E-state index contributed by atoms with van der Waals surface area (Å²) in [5, 5.41) is 3.90. The normalized spacial score (nSPS) is 10.5. The van der Waals surface area contributed by atoms with E-state index >= 15 is 0 Å². The van der Waals surface area contributed by atoms with Crippen molar-refractivity contribution in [2.75, 3.05) is 24.7 Å². The second kappa shape index (κ2) is 5.83. The third-order valence-corrected chi connectivity index (χ3v) is 4.04. The Balaban J connectivity index is 2.07. The second-order valence-corrected chi connectivity index (χ2v) is 5.22. The lowest BCUT2D eigenvalue weighted by Crippen LogP contribution is -2.10. The van der Waals surface area contributed by atoms with Crippen LogP contribution in [0.4, 0.5) is 10.7 Å². The predicted molar refractivity (Wildman–Crippen MR) is 79.2 cm³/mol. The maximum absolute atomic E-state index is 11.3.